The van der Waals surface area contributed by atoms with Crippen molar-refractivity contribution >= 4 is 17.5 Å². The number of carbonyl (C=O) groups is 3. The van der Waals surface area contributed by atoms with Crippen LogP contribution in [-0.4, -0.2) is 24.1 Å². The highest BCUT2D eigenvalue weighted by Crippen LogP contribution is 2.17. The van der Waals surface area contributed by atoms with Crippen LogP contribution in [0.1, 0.15) is 110 Å². The minimum atomic E-state index is -1.12. The topological polar surface area (TPSA) is 60.4 Å². The maximum Gasteiger partial charge on any atom is 0.324 e. The first-order valence-corrected chi connectivity index (χ1v) is 10.9. The maximum atomic E-state index is 11.9. The van der Waals surface area contributed by atoms with Crippen LogP contribution in [0.4, 0.5) is 0 Å². The second-order valence-corrected chi connectivity index (χ2v) is 7.67. The fourth-order valence-corrected chi connectivity index (χ4v) is 3.57. The lowest BCUT2D eigenvalue weighted by molar-refractivity contribution is -0.144. The van der Waals surface area contributed by atoms with Crippen molar-refractivity contribution in [3.05, 3.63) is 0 Å². The van der Waals surface area contributed by atoms with Gasteiger partial charge in [-0.25, -0.2) is 0 Å². The average molecular weight is 367 g/mol. The van der Waals surface area contributed by atoms with E-state index in [-0.39, 0.29) is 18.2 Å². The highest BCUT2D eigenvalue weighted by molar-refractivity contribution is 6.20. The van der Waals surface area contributed by atoms with Crippen molar-refractivity contribution in [3.63, 3.8) is 0 Å². The fraction of sp³-hybridized carbons (Fsp3) is 0.864. The van der Waals surface area contributed by atoms with Crippen molar-refractivity contribution in [3.8, 4) is 0 Å². The SMILES string of the molecule is CCCCCCCCCCCCCCCCCC(=O)C1C(=O)COC1=O. The summed E-state index contributed by atoms with van der Waals surface area (Å²) in [6.07, 6.45) is 19.5. The third-order valence-electron chi connectivity index (χ3n) is 5.26. The summed E-state index contributed by atoms with van der Waals surface area (Å²) in [4.78, 5) is 34.6. The number of ketones is 2. The molecule has 1 saturated heterocycles. The molecule has 0 aromatic carbocycles. The van der Waals surface area contributed by atoms with Crippen LogP contribution in [-0.2, 0) is 19.1 Å². The van der Waals surface area contributed by atoms with Crippen molar-refractivity contribution in [1.82, 2.24) is 0 Å². The molecule has 0 aromatic heterocycles. The molecule has 1 heterocycles. The van der Waals surface area contributed by atoms with Crippen LogP contribution in [0.25, 0.3) is 0 Å². The quantitative estimate of drug-likeness (QED) is 0.192. The van der Waals surface area contributed by atoms with E-state index in [1.807, 2.05) is 0 Å². The molecule has 26 heavy (non-hydrogen) atoms. The monoisotopic (exact) mass is 366 g/mol. The number of hydrogen-bond acceptors (Lipinski definition) is 4. The number of cyclic esters (lactones) is 1. The summed E-state index contributed by atoms with van der Waals surface area (Å²) in [5.74, 6) is -2.41. The fourth-order valence-electron chi connectivity index (χ4n) is 3.57. The summed E-state index contributed by atoms with van der Waals surface area (Å²) in [6, 6.07) is 0. The summed E-state index contributed by atoms with van der Waals surface area (Å²) in [5, 5.41) is 0. The predicted octanol–water partition coefficient (Wildman–Crippen LogP) is 5.56. The summed E-state index contributed by atoms with van der Waals surface area (Å²) in [5.41, 5.74) is 0. The van der Waals surface area contributed by atoms with Gasteiger partial charge in [0.15, 0.2) is 24.1 Å². The summed E-state index contributed by atoms with van der Waals surface area (Å²) in [6.45, 7) is 2.03. The van der Waals surface area contributed by atoms with Gasteiger partial charge in [-0.05, 0) is 6.42 Å². The minimum Gasteiger partial charge on any atom is -0.457 e. The second-order valence-electron chi connectivity index (χ2n) is 7.67. The maximum absolute atomic E-state index is 11.9. The minimum absolute atomic E-state index is 0.228. The van der Waals surface area contributed by atoms with Gasteiger partial charge in [0.05, 0.1) is 0 Å². The van der Waals surface area contributed by atoms with Crippen molar-refractivity contribution in [2.45, 2.75) is 110 Å². The number of hydrogen-bond donors (Lipinski definition) is 0. The molecule has 4 nitrogen and oxygen atoms in total. The van der Waals surface area contributed by atoms with Crippen LogP contribution in [0.5, 0.6) is 0 Å². The van der Waals surface area contributed by atoms with Crippen LogP contribution >= 0.6 is 0 Å². The van der Waals surface area contributed by atoms with Crippen molar-refractivity contribution in [2.75, 3.05) is 6.61 Å². The molecule has 1 aliphatic rings. The Balaban J connectivity index is 1.82. The number of rotatable bonds is 17. The van der Waals surface area contributed by atoms with E-state index in [9.17, 15) is 14.4 Å². The van der Waals surface area contributed by atoms with Crippen LogP contribution < -0.4 is 0 Å². The third kappa shape index (κ3) is 10.1. The Hall–Kier alpha value is -1.19. The van der Waals surface area contributed by atoms with Gasteiger partial charge in [0.25, 0.3) is 0 Å². The Morgan fingerprint density at radius 1 is 0.769 bits per heavy atom. The first-order valence-electron chi connectivity index (χ1n) is 10.9. The van der Waals surface area contributed by atoms with E-state index in [1.54, 1.807) is 0 Å². The first-order chi connectivity index (χ1) is 12.7. The smallest absolute Gasteiger partial charge is 0.324 e. The van der Waals surface area contributed by atoms with E-state index in [2.05, 4.69) is 11.7 Å². The molecule has 0 radical (unpaired) electrons. The van der Waals surface area contributed by atoms with E-state index in [4.69, 9.17) is 0 Å². The number of ether oxygens (including phenoxy) is 1. The zero-order valence-electron chi connectivity index (χ0n) is 16.7. The molecular formula is C22H38O4. The Kier molecular flexibility index (Phi) is 13.1. The zero-order valence-corrected chi connectivity index (χ0v) is 16.7. The molecule has 1 unspecified atom stereocenters. The van der Waals surface area contributed by atoms with Crippen LogP contribution in [0.15, 0.2) is 0 Å². The van der Waals surface area contributed by atoms with Gasteiger partial charge in [-0.15, -0.1) is 0 Å². The first kappa shape index (κ1) is 22.9. The molecule has 1 atom stereocenters. The standard InChI is InChI=1S/C22H38O4/c1-2-3-4-5-6-7-8-9-10-11-12-13-14-15-16-17-19(23)21-20(24)18-26-22(21)25/h21H,2-18H2,1H3. The zero-order chi connectivity index (χ0) is 19.0. The molecule has 150 valence electrons. The molecule has 0 saturated carbocycles. The molecule has 1 rings (SSSR count). The van der Waals surface area contributed by atoms with Gasteiger partial charge in [-0.1, -0.05) is 96.8 Å². The summed E-state index contributed by atoms with van der Waals surface area (Å²) >= 11 is 0. The van der Waals surface area contributed by atoms with Gasteiger partial charge in [0, 0.05) is 6.42 Å². The van der Waals surface area contributed by atoms with Crippen molar-refractivity contribution < 1.29 is 19.1 Å². The summed E-state index contributed by atoms with van der Waals surface area (Å²) in [7, 11) is 0. The highest BCUT2D eigenvalue weighted by Gasteiger charge is 2.40. The lowest BCUT2D eigenvalue weighted by Gasteiger charge is -2.04. The Labute approximate surface area is 159 Å². The van der Waals surface area contributed by atoms with Crippen LogP contribution in [0.3, 0.4) is 0 Å². The Bertz CT molecular complexity index is 400. The molecule has 0 aromatic rings. The van der Waals surface area contributed by atoms with Gasteiger partial charge in [-0.3, -0.25) is 14.4 Å². The van der Waals surface area contributed by atoms with E-state index < -0.39 is 11.9 Å². The Morgan fingerprint density at radius 2 is 1.19 bits per heavy atom. The van der Waals surface area contributed by atoms with Crippen LogP contribution in [0, 0.1) is 5.92 Å². The highest BCUT2D eigenvalue weighted by atomic mass is 16.5. The van der Waals surface area contributed by atoms with Gasteiger partial charge in [0.2, 0.25) is 0 Å². The molecular weight excluding hydrogens is 328 g/mol. The van der Waals surface area contributed by atoms with Gasteiger partial charge >= 0.3 is 5.97 Å². The van der Waals surface area contributed by atoms with Gasteiger partial charge in [0.1, 0.15) is 0 Å². The average Bonchev–Trinajstić information content (AvgIpc) is 2.96. The molecule has 1 fully saturated rings. The number of Topliss-reactive ketones (excluding diaryl/α,β-unsaturated/α-hetero) is 2. The number of unbranched alkanes of at least 4 members (excludes halogenated alkanes) is 14. The van der Waals surface area contributed by atoms with E-state index in [0.29, 0.717) is 6.42 Å². The number of carbonyl (C=O) groups excluding carboxylic acids is 3. The molecule has 0 spiro atoms. The van der Waals surface area contributed by atoms with E-state index >= 15 is 0 Å². The Morgan fingerprint density at radius 3 is 1.58 bits per heavy atom. The third-order valence-corrected chi connectivity index (χ3v) is 5.26. The van der Waals surface area contributed by atoms with Gasteiger partial charge < -0.3 is 4.74 Å². The summed E-state index contributed by atoms with van der Waals surface area (Å²) < 4.78 is 4.62. The lowest BCUT2D eigenvalue weighted by atomic mass is 9.96. The van der Waals surface area contributed by atoms with Gasteiger partial charge in [-0.2, -0.15) is 0 Å². The van der Waals surface area contributed by atoms with E-state index in [0.717, 1.165) is 19.3 Å². The molecule has 0 aliphatic carbocycles. The molecule has 0 amide bonds. The largest absolute Gasteiger partial charge is 0.457 e. The number of esters is 1. The molecule has 0 N–H and O–H groups in total. The van der Waals surface area contributed by atoms with E-state index in [1.165, 1.54) is 77.0 Å². The van der Waals surface area contributed by atoms with Crippen molar-refractivity contribution in [2.24, 2.45) is 5.92 Å². The molecule has 1 aliphatic heterocycles. The van der Waals surface area contributed by atoms with Crippen LogP contribution in [0.2, 0.25) is 0 Å². The van der Waals surface area contributed by atoms with Crippen molar-refractivity contribution in [1.29, 1.82) is 0 Å². The molecule has 0 bridgehead atoms. The normalized spacial score (nSPS) is 16.9. The molecule has 4 heteroatoms. The predicted molar refractivity (Wildman–Crippen MR) is 104 cm³/mol. The lowest BCUT2D eigenvalue weighted by Crippen LogP contribution is -2.25. The second kappa shape index (κ2) is 14.9.